The van der Waals surface area contributed by atoms with Crippen LogP contribution in [0.5, 0.6) is 5.75 Å². The van der Waals surface area contributed by atoms with Crippen LogP contribution < -0.4 is 4.74 Å². The molecule has 2 aromatic carbocycles. The minimum absolute atomic E-state index is 0.183. The highest BCUT2D eigenvalue weighted by atomic mass is 32.2. The van der Waals surface area contributed by atoms with E-state index >= 15 is 0 Å². The summed E-state index contributed by atoms with van der Waals surface area (Å²) in [6, 6.07) is 12.5. The lowest BCUT2D eigenvalue weighted by atomic mass is 10.1. The quantitative estimate of drug-likeness (QED) is 0.665. The van der Waals surface area contributed by atoms with E-state index < -0.39 is 22.7 Å². The maximum Gasteiger partial charge on any atom is 0.335 e. The van der Waals surface area contributed by atoms with Gasteiger partial charge in [0.2, 0.25) is 0 Å². The van der Waals surface area contributed by atoms with Crippen LogP contribution in [0.2, 0.25) is 0 Å². The summed E-state index contributed by atoms with van der Waals surface area (Å²) in [6.45, 7) is 0.368. The van der Waals surface area contributed by atoms with Crippen molar-refractivity contribution in [3.05, 3.63) is 65.2 Å². The molecule has 2 aromatic rings. The van der Waals surface area contributed by atoms with Crippen LogP contribution in [0.4, 0.5) is 0 Å². The molecule has 0 fully saturated rings. The SMILES string of the molecule is O=C(O)c1ccc(OCCCS(=O)Cc2cccc(C(=O)O)c2)cc1. The topological polar surface area (TPSA) is 101 Å². The Morgan fingerprint density at radius 3 is 2.28 bits per heavy atom. The summed E-state index contributed by atoms with van der Waals surface area (Å²) in [5.41, 5.74) is 1.10. The fraction of sp³-hybridized carbons (Fsp3) is 0.222. The van der Waals surface area contributed by atoms with E-state index in [-0.39, 0.29) is 11.1 Å². The highest BCUT2D eigenvalue weighted by molar-refractivity contribution is 7.84. The molecule has 0 saturated heterocycles. The highest BCUT2D eigenvalue weighted by Crippen LogP contribution is 2.13. The van der Waals surface area contributed by atoms with Crippen LogP contribution in [0, 0.1) is 0 Å². The predicted molar refractivity (Wildman–Crippen MR) is 93.6 cm³/mol. The second-order valence-corrected chi connectivity index (χ2v) is 6.90. The van der Waals surface area contributed by atoms with Crippen molar-refractivity contribution >= 4 is 22.7 Å². The average molecular weight is 362 g/mol. The zero-order valence-corrected chi connectivity index (χ0v) is 14.2. The van der Waals surface area contributed by atoms with E-state index in [1.807, 2.05) is 0 Å². The lowest BCUT2D eigenvalue weighted by molar-refractivity contribution is 0.0686. The first-order chi connectivity index (χ1) is 12.0. The minimum Gasteiger partial charge on any atom is -0.494 e. The molecule has 0 aliphatic carbocycles. The molecule has 0 amide bonds. The third kappa shape index (κ3) is 6.04. The molecule has 0 spiro atoms. The summed E-state index contributed by atoms with van der Waals surface area (Å²) >= 11 is 0. The molecule has 132 valence electrons. The van der Waals surface area contributed by atoms with Crippen LogP contribution in [0.25, 0.3) is 0 Å². The minimum atomic E-state index is -1.11. The van der Waals surface area contributed by atoms with Crippen molar-refractivity contribution in [2.75, 3.05) is 12.4 Å². The molecule has 1 unspecified atom stereocenters. The second kappa shape index (κ2) is 8.98. The predicted octanol–water partition coefficient (Wildman–Crippen LogP) is 2.80. The van der Waals surface area contributed by atoms with Crippen LogP contribution in [-0.2, 0) is 16.6 Å². The standard InChI is InChI=1S/C18H18O6S/c19-17(20)14-5-7-16(8-6-14)24-9-2-10-25(23)12-13-3-1-4-15(11-13)18(21)22/h1,3-8,11H,2,9-10,12H2,(H,19,20)(H,21,22). The van der Waals surface area contributed by atoms with E-state index in [0.29, 0.717) is 30.3 Å². The molecule has 0 aliphatic heterocycles. The van der Waals surface area contributed by atoms with Gasteiger partial charge in [0.15, 0.2) is 0 Å². The van der Waals surface area contributed by atoms with Crippen LogP contribution in [-0.4, -0.2) is 38.7 Å². The number of carbonyl (C=O) groups is 2. The van der Waals surface area contributed by atoms with E-state index in [9.17, 15) is 13.8 Å². The number of hydrogen-bond acceptors (Lipinski definition) is 4. The molecular formula is C18H18O6S. The monoisotopic (exact) mass is 362 g/mol. The van der Waals surface area contributed by atoms with E-state index in [0.717, 1.165) is 5.56 Å². The summed E-state index contributed by atoms with van der Waals surface area (Å²) in [6.07, 6.45) is 0.575. The van der Waals surface area contributed by atoms with Gasteiger partial charge < -0.3 is 14.9 Å². The van der Waals surface area contributed by atoms with Gasteiger partial charge in [-0.3, -0.25) is 4.21 Å². The molecule has 25 heavy (non-hydrogen) atoms. The van der Waals surface area contributed by atoms with Gasteiger partial charge in [-0.1, -0.05) is 12.1 Å². The van der Waals surface area contributed by atoms with Crippen LogP contribution in [0.3, 0.4) is 0 Å². The Hall–Kier alpha value is -2.67. The average Bonchev–Trinajstić information content (AvgIpc) is 2.59. The molecule has 0 aliphatic rings. The molecule has 6 nitrogen and oxygen atoms in total. The van der Waals surface area contributed by atoms with Gasteiger partial charge in [0, 0.05) is 22.3 Å². The molecule has 1 atom stereocenters. The molecular weight excluding hydrogens is 344 g/mol. The fourth-order valence-electron chi connectivity index (χ4n) is 2.16. The number of ether oxygens (including phenoxy) is 1. The fourth-order valence-corrected chi connectivity index (χ4v) is 3.29. The molecule has 7 heteroatoms. The van der Waals surface area contributed by atoms with Gasteiger partial charge in [0.25, 0.3) is 0 Å². The number of aromatic carboxylic acids is 2. The number of carboxylic acids is 2. The Morgan fingerprint density at radius 1 is 0.960 bits per heavy atom. The summed E-state index contributed by atoms with van der Waals surface area (Å²) in [4.78, 5) is 21.7. The second-order valence-electron chi connectivity index (χ2n) is 5.33. The van der Waals surface area contributed by atoms with Gasteiger partial charge in [0.1, 0.15) is 5.75 Å². The first-order valence-electron chi connectivity index (χ1n) is 7.59. The number of rotatable bonds is 9. The van der Waals surface area contributed by atoms with Crippen molar-refractivity contribution in [1.29, 1.82) is 0 Å². The molecule has 0 heterocycles. The van der Waals surface area contributed by atoms with Gasteiger partial charge in [0.05, 0.1) is 17.7 Å². The zero-order chi connectivity index (χ0) is 18.2. The van der Waals surface area contributed by atoms with Crippen LogP contribution in [0.15, 0.2) is 48.5 Å². The summed E-state index contributed by atoms with van der Waals surface area (Å²) in [5.74, 6) is -0.701. The normalized spacial score (nSPS) is 11.7. The third-order valence-corrected chi connectivity index (χ3v) is 4.79. The van der Waals surface area contributed by atoms with E-state index in [4.69, 9.17) is 14.9 Å². The maximum absolute atomic E-state index is 12.1. The van der Waals surface area contributed by atoms with Crippen molar-refractivity contribution in [3.8, 4) is 5.75 Å². The largest absolute Gasteiger partial charge is 0.494 e. The summed E-state index contributed by atoms with van der Waals surface area (Å²) < 4.78 is 17.6. The Morgan fingerprint density at radius 2 is 1.64 bits per heavy atom. The first-order valence-corrected chi connectivity index (χ1v) is 9.08. The number of carboxylic acid groups (broad SMARTS) is 2. The van der Waals surface area contributed by atoms with Gasteiger partial charge in [-0.15, -0.1) is 0 Å². The number of hydrogen-bond donors (Lipinski definition) is 2. The van der Waals surface area contributed by atoms with Crippen molar-refractivity contribution in [3.63, 3.8) is 0 Å². The van der Waals surface area contributed by atoms with E-state index in [1.165, 1.54) is 24.3 Å². The van der Waals surface area contributed by atoms with Gasteiger partial charge in [-0.2, -0.15) is 0 Å². The van der Waals surface area contributed by atoms with Crippen molar-refractivity contribution in [2.45, 2.75) is 12.2 Å². The Labute approximate surface area is 147 Å². The van der Waals surface area contributed by atoms with E-state index in [2.05, 4.69) is 0 Å². The van der Waals surface area contributed by atoms with Gasteiger partial charge in [-0.25, -0.2) is 9.59 Å². The van der Waals surface area contributed by atoms with Crippen molar-refractivity contribution < 1.29 is 28.7 Å². The lowest BCUT2D eigenvalue weighted by Crippen LogP contribution is -2.07. The Bertz CT molecular complexity index is 769. The Balaban J connectivity index is 1.74. The molecule has 2 N–H and O–H groups in total. The Kier molecular flexibility index (Phi) is 6.71. The maximum atomic E-state index is 12.1. The van der Waals surface area contributed by atoms with Crippen LogP contribution >= 0.6 is 0 Å². The summed E-state index contributed by atoms with van der Waals surface area (Å²) in [7, 11) is -1.11. The van der Waals surface area contributed by atoms with Gasteiger partial charge in [-0.05, 0) is 48.4 Å². The third-order valence-electron chi connectivity index (χ3n) is 3.39. The molecule has 0 radical (unpaired) electrons. The molecule has 0 saturated carbocycles. The summed E-state index contributed by atoms with van der Waals surface area (Å²) in [5, 5.41) is 17.8. The number of benzene rings is 2. The lowest BCUT2D eigenvalue weighted by Gasteiger charge is -2.07. The molecule has 2 rings (SSSR count). The first kappa shape index (κ1) is 18.7. The zero-order valence-electron chi connectivity index (χ0n) is 13.4. The van der Waals surface area contributed by atoms with E-state index in [1.54, 1.807) is 24.3 Å². The molecule has 0 aromatic heterocycles. The van der Waals surface area contributed by atoms with Crippen molar-refractivity contribution in [2.24, 2.45) is 0 Å². The van der Waals surface area contributed by atoms with Crippen LogP contribution in [0.1, 0.15) is 32.7 Å². The van der Waals surface area contributed by atoms with Gasteiger partial charge >= 0.3 is 11.9 Å². The smallest absolute Gasteiger partial charge is 0.335 e. The molecule has 0 bridgehead atoms. The van der Waals surface area contributed by atoms with Crippen molar-refractivity contribution in [1.82, 2.24) is 0 Å². The highest BCUT2D eigenvalue weighted by Gasteiger charge is 2.07.